The summed E-state index contributed by atoms with van der Waals surface area (Å²) in [6.07, 6.45) is -3.26. The van der Waals surface area contributed by atoms with E-state index in [4.69, 9.17) is 0 Å². The van der Waals surface area contributed by atoms with E-state index in [0.29, 0.717) is 19.4 Å². The molecule has 0 spiro atoms. The van der Waals surface area contributed by atoms with Crippen LogP contribution in [0.1, 0.15) is 24.0 Å². The number of anilines is 2. The van der Waals surface area contributed by atoms with Crippen molar-refractivity contribution in [1.82, 2.24) is 5.32 Å². The number of rotatable bonds is 4. The SMILES string of the molecule is Cc1ccccc1-c1ccc(N2CCC[C@@H](NC(=O)Nc3ccc(C(F)(F)F)cc3)C2=O)cc1. The van der Waals surface area contributed by atoms with Gasteiger partial charge in [-0.1, -0.05) is 36.4 Å². The molecule has 1 heterocycles. The Morgan fingerprint density at radius 1 is 0.971 bits per heavy atom. The molecule has 4 rings (SSSR count). The normalized spacial score (nSPS) is 16.3. The molecule has 0 aromatic heterocycles. The fraction of sp³-hybridized carbons (Fsp3) is 0.231. The van der Waals surface area contributed by atoms with E-state index in [-0.39, 0.29) is 11.6 Å². The first kappa shape index (κ1) is 23.4. The lowest BCUT2D eigenvalue weighted by molar-refractivity contribution is -0.137. The Labute approximate surface area is 195 Å². The predicted molar refractivity (Wildman–Crippen MR) is 126 cm³/mol. The monoisotopic (exact) mass is 467 g/mol. The zero-order valence-corrected chi connectivity index (χ0v) is 18.5. The summed E-state index contributed by atoms with van der Waals surface area (Å²) in [4.78, 5) is 27.1. The van der Waals surface area contributed by atoms with Crippen molar-refractivity contribution in [2.45, 2.75) is 32.0 Å². The molecule has 0 aliphatic carbocycles. The van der Waals surface area contributed by atoms with Crippen LogP contribution in [0.4, 0.5) is 29.3 Å². The van der Waals surface area contributed by atoms with Crippen molar-refractivity contribution < 1.29 is 22.8 Å². The average molecular weight is 467 g/mol. The number of urea groups is 1. The van der Waals surface area contributed by atoms with Crippen molar-refractivity contribution in [3.63, 3.8) is 0 Å². The van der Waals surface area contributed by atoms with Crippen LogP contribution in [-0.4, -0.2) is 24.5 Å². The van der Waals surface area contributed by atoms with Gasteiger partial charge in [0.1, 0.15) is 6.04 Å². The molecule has 1 atom stereocenters. The maximum atomic E-state index is 13.0. The van der Waals surface area contributed by atoms with Gasteiger partial charge in [-0.25, -0.2) is 4.79 Å². The highest BCUT2D eigenvalue weighted by Crippen LogP contribution is 2.30. The van der Waals surface area contributed by atoms with Crippen LogP contribution in [0.2, 0.25) is 0 Å². The van der Waals surface area contributed by atoms with E-state index >= 15 is 0 Å². The van der Waals surface area contributed by atoms with Crippen LogP contribution in [0.25, 0.3) is 11.1 Å². The van der Waals surface area contributed by atoms with E-state index in [1.54, 1.807) is 4.90 Å². The Morgan fingerprint density at radius 2 is 1.65 bits per heavy atom. The van der Waals surface area contributed by atoms with Crippen LogP contribution in [-0.2, 0) is 11.0 Å². The second-order valence-electron chi connectivity index (χ2n) is 8.22. The van der Waals surface area contributed by atoms with E-state index in [0.717, 1.165) is 34.5 Å². The van der Waals surface area contributed by atoms with Crippen LogP contribution in [0.15, 0.2) is 72.8 Å². The summed E-state index contributed by atoms with van der Waals surface area (Å²) in [5, 5.41) is 5.13. The van der Waals surface area contributed by atoms with Crippen molar-refractivity contribution in [3.05, 3.63) is 83.9 Å². The molecule has 0 saturated carbocycles. The van der Waals surface area contributed by atoms with Gasteiger partial charge in [0.05, 0.1) is 5.56 Å². The molecule has 176 valence electrons. The number of hydrogen-bond donors (Lipinski definition) is 2. The van der Waals surface area contributed by atoms with Gasteiger partial charge in [-0.05, 0) is 72.9 Å². The average Bonchev–Trinajstić information content (AvgIpc) is 2.81. The summed E-state index contributed by atoms with van der Waals surface area (Å²) in [5.74, 6) is -0.225. The lowest BCUT2D eigenvalue weighted by atomic mass is 9.99. The van der Waals surface area contributed by atoms with Crippen molar-refractivity contribution >= 4 is 23.3 Å². The molecule has 5 nitrogen and oxygen atoms in total. The molecule has 0 unspecified atom stereocenters. The molecule has 2 N–H and O–H groups in total. The van der Waals surface area contributed by atoms with Gasteiger partial charge < -0.3 is 15.5 Å². The number of amides is 3. The largest absolute Gasteiger partial charge is 0.416 e. The van der Waals surface area contributed by atoms with Crippen molar-refractivity contribution in [3.8, 4) is 11.1 Å². The third-order valence-corrected chi connectivity index (χ3v) is 5.85. The number of benzene rings is 3. The van der Waals surface area contributed by atoms with Crippen LogP contribution in [0, 0.1) is 6.92 Å². The number of nitrogens with zero attached hydrogens (tertiary/aromatic N) is 1. The molecule has 3 aromatic carbocycles. The van der Waals surface area contributed by atoms with Crippen molar-refractivity contribution in [2.75, 3.05) is 16.8 Å². The molecule has 1 fully saturated rings. The van der Waals surface area contributed by atoms with Crippen LogP contribution in [0.3, 0.4) is 0 Å². The summed E-state index contributed by atoms with van der Waals surface area (Å²) in [6.45, 7) is 2.59. The van der Waals surface area contributed by atoms with E-state index in [2.05, 4.69) is 10.6 Å². The lowest BCUT2D eigenvalue weighted by Crippen LogP contribution is -2.53. The lowest BCUT2D eigenvalue weighted by Gasteiger charge is -2.32. The van der Waals surface area contributed by atoms with Gasteiger partial charge in [0.2, 0.25) is 5.91 Å². The molecule has 34 heavy (non-hydrogen) atoms. The maximum Gasteiger partial charge on any atom is 0.416 e. The molecule has 1 aliphatic rings. The van der Waals surface area contributed by atoms with Crippen molar-refractivity contribution in [2.24, 2.45) is 0 Å². The minimum absolute atomic E-state index is 0.206. The second-order valence-corrected chi connectivity index (χ2v) is 8.22. The summed E-state index contributed by atoms with van der Waals surface area (Å²) in [6, 6.07) is 18.6. The molecule has 0 bridgehead atoms. The van der Waals surface area contributed by atoms with Gasteiger partial charge >= 0.3 is 12.2 Å². The smallest absolute Gasteiger partial charge is 0.326 e. The van der Waals surface area contributed by atoms with Gasteiger partial charge in [-0.15, -0.1) is 0 Å². The first-order valence-electron chi connectivity index (χ1n) is 10.9. The minimum atomic E-state index is -4.45. The predicted octanol–water partition coefficient (Wildman–Crippen LogP) is 6.00. The third-order valence-electron chi connectivity index (χ3n) is 5.85. The number of nitrogens with one attached hydrogen (secondary N) is 2. The summed E-state index contributed by atoms with van der Waals surface area (Å²) in [5.41, 5.74) is 3.49. The van der Waals surface area contributed by atoms with Crippen molar-refractivity contribution in [1.29, 1.82) is 0 Å². The highest BCUT2D eigenvalue weighted by atomic mass is 19.4. The molecule has 3 aromatic rings. The molecule has 3 amide bonds. The Morgan fingerprint density at radius 3 is 2.29 bits per heavy atom. The quantitative estimate of drug-likeness (QED) is 0.495. The van der Waals surface area contributed by atoms with E-state index in [1.807, 2.05) is 55.5 Å². The highest BCUT2D eigenvalue weighted by molar-refractivity contribution is 6.01. The summed E-state index contributed by atoms with van der Waals surface area (Å²) in [7, 11) is 0. The van der Waals surface area contributed by atoms with Gasteiger partial charge in [0, 0.05) is 17.9 Å². The molecule has 1 saturated heterocycles. The molecular weight excluding hydrogens is 443 g/mol. The molecular formula is C26H24F3N3O2. The first-order chi connectivity index (χ1) is 16.2. The molecule has 1 aliphatic heterocycles. The van der Waals surface area contributed by atoms with Gasteiger partial charge in [-0.3, -0.25) is 4.79 Å². The minimum Gasteiger partial charge on any atom is -0.326 e. The number of aryl methyl sites for hydroxylation is 1. The number of alkyl halides is 3. The first-order valence-corrected chi connectivity index (χ1v) is 10.9. The Kier molecular flexibility index (Phi) is 6.58. The number of carbonyl (C=O) groups excluding carboxylic acids is 2. The van der Waals surface area contributed by atoms with E-state index < -0.39 is 23.8 Å². The Balaban J connectivity index is 1.40. The number of piperidine rings is 1. The summed E-state index contributed by atoms with van der Waals surface area (Å²) >= 11 is 0. The Bertz CT molecular complexity index is 1180. The fourth-order valence-electron chi connectivity index (χ4n) is 4.05. The van der Waals surface area contributed by atoms with Gasteiger partial charge in [0.25, 0.3) is 0 Å². The molecule has 8 heteroatoms. The number of carbonyl (C=O) groups is 2. The zero-order chi connectivity index (χ0) is 24.3. The van der Waals surface area contributed by atoms with E-state index in [9.17, 15) is 22.8 Å². The third kappa shape index (κ3) is 5.22. The zero-order valence-electron chi connectivity index (χ0n) is 18.5. The highest BCUT2D eigenvalue weighted by Gasteiger charge is 2.32. The van der Waals surface area contributed by atoms with Crippen LogP contribution < -0.4 is 15.5 Å². The van der Waals surface area contributed by atoms with Gasteiger partial charge in [-0.2, -0.15) is 13.2 Å². The van der Waals surface area contributed by atoms with Crippen LogP contribution in [0.5, 0.6) is 0 Å². The number of hydrogen-bond acceptors (Lipinski definition) is 2. The summed E-state index contributed by atoms with van der Waals surface area (Å²) < 4.78 is 38.1. The van der Waals surface area contributed by atoms with Gasteiger partial charge in [0.15, 0.2) is 0 Å². The number of halogens is 3. The fourth-order valence-corrected chi connectivity index (χ4v) is 4.05. The maximum absolute atomic E-state index is 13.0. The van der Waals surface area contributed by atoms with Crippen LogP contribution >= 0.6 is 0 Å². The topological polar surface area (TPSA) is 61.4 Å². The second kappa shape index (κ2) is 9.59. The molecule has 0 radical (unpaired) electrons. The Hall–Kier alpha value is -3.81. The van der Waals surface area contributed by atoms with E-state index in [1.165, 1.54) is 12.1 Å². The standard InChI is InChI=1S/C26H24F3N3O2/c1-17-5-2-3-6-22(17)18-8-14-21(15-9-18)32-16-4-7-23(24(32)33)31-25(34)30-20-12-10-19(11-13-20)26(27,28)29/h2-3,5-6,8-15,23H,4,7,16H2,1H3,(H2,30,31,34)/t23-/m1/s1.